The van der Waals surface area contributed by atoms with Gasteiger partial charge >= 0.3 is 12.1 Å². The van der Waals surface area contributed by atoms with E-state index in [0.717, 1.165) is 10.8 Å². The van der Waals surface area contributed by atoms with Gasteiger partial charge in [0.25, 0.3) is 5.91 Å². The van der Waals surface area contributed by atoms with Crippen LogP contribution in [0.3, 0.4) is 0 Å². The smallest absolute Gasteiger partial charge is 0.406 e. The average Bonchev–Trinajstić information content (AvgIpc) is 3.09. The van der Waals surface area contributed by atoms with Crippen molar-refractivity contribution < 1.29 is 27.5 Å². The Morgan fingerprint density at radius 3 is 2.52 bits per heavy atom. The summed E-state index contributed by atoms with van der Waals surface area (Å²) >= 11 is 5.80. The van der Waals surface area contributed by atoms with E-state index in [1.165, 1.54) is 18.3 Å². The first-order valence-electron chi connectivity index (χ1n) is 8.90. The lowest BCUT2D eigenvalue weighted by atomic mass is 9.99. The van der Waals surface area contributed by atoms with Gasteiger partial charge in [0.2, 0.25) is 0 Å². The van der Waals surface area contributed by atoms with Crippen molar-refractivity contribution in [3.8, 4) is 0 Å². The Labute approximate surface area is 171 Å². The second-order valence-electron chi connectivity index (χ2n) is 6.54. The number of imidazole rings is 1. The lowest BCUT2D eigenvalue weighted by Gasteiger charge is -2.23. The Morgan fingerprint density at radius 1 is 1.28 bits per heavy atom. The predicted molar refractivity (Wildman–Crippen MR) is 100 cm³/mol. The number of amides is 1. The summed E-state index contributed by atoms with van der Waals surface area (Å²) in [7, 11) is 0. The Kier molecular flexibility index (Phi) is 7.66. The van der Waals surface area contributed by atoms with Gasteiger partial charge in [0.05, 0.1) is 0 Å². The number of nitrogens with zero attached hydrogens (tertiary/aromatic N) is 2. The molecule has 1 aromatic heterocycles. The first-order chi connectivity index (χ1) is 13.6. The number of alkyl halides is 3. The second kappa shape index (κ2) is 9.78. The molecule has 1 aromatic carbocycles. The summed E-state index contributed by atoms with van der Waals surface area (Å²) in [5, 5.41) is 3.09. The minimum absolute atomic E-state index is 0.0393. The van der Waals surface area contributed by atoms with Crippen molar-refractivity contribution in [2.45, 2.75) is 45.6 Å². The van der Waals surface area contributed by atoms with Crippen LogP contribution < -0.4 is 5.32 Å². The third-order valence-corrected chi connectivity index (χ3v) is 4.61. The van der Waals surface area contributed by atoms with Gasteiger partial charge in [-0.25, -0.2) is 9.78 Å². The van der Waals surface area contributed by atoms with Crippen molar-refractivity contribution in [2.75, 3.05) is 0 Å². The molecule has 0 aliphatic carbocycles. The molecule has 0 radical (unpaired) electrons. The summed E-state index contributed by atoms with van der Waals surface area (Å²) in [6.45, 7) is 1.93. The van der Waals surface area contributed by atoms with Gasteiger partial charge in [0.1, 0.15) is 25.0 Å². The lowest BCUT2D eigenvalue weighted by molar-refractivity contribution is -0.149. The highest BCUT2D eigenvalue weighted by Gasteiger charge is 2.30. The van der Waals surface area contributed by atoms with Crippen molar-refractivity contribution in [3.05, 3.63) is 53.1 Å². The largest absolute Gasteiger partial charge is 0.456 e. The van der Waals surface area contributed by atoms with Crippen LogP contribution in [0.1, 0.15) is 36.5 Å². The van der Waals surface area contributed by atoms with E-state index < -0.39 is 37.2 Å². The maximum Gasteiger partial charge on any atom is 0.406 e. The Balaban J connectivity index is 2.05. The van der Waals surface area contributed by atoms with Crippen molar-refractivity contribution in [2.24, 2.45) is 5.92 Å². The fourth-order valence-corrected chi connectivity index (χ4v) is 2.66. The number of aromatic nitrogens is 2. The molecule has 1 amide bonds. The zero-order valence-corrected chi connectivity index (χ0v) is 16.6. The van der Waals surface area contributed by atoms with Crippen LogP contribution in [0.4, 0.5) is 13.2 Å². The normalized spacial score (nSPS) is 13.6. The molecular formula is C19H21ClF3N3O3. The van der Waals surface area contributed by atoms with E-state index in [0.29, 0.717) is 17.0 Å². The molecule has 6 nitrogen and oxygen atoms in total. The summed E-state index contributed by atoms with van der Waals surface area (Å²) < 4.78 is 43.8. The second-order valence-corrected chi connectivity index (χ2v) is 6.97. The minimum Gasteiger partial charge on any atom is -0.456 e. The fraction of sp³-hybridized carbons (Fsp3) is 0.421. The number of esters is 1. The molecule has 0 saturated heterocycles. The minimum atomic E-state index is -4.43. The molecule has 0 aliphatic heterocycles. The van der Waals surface area contributed by atoms with Gasteiger partial charge in [0, 0.05) is 23.0 Å². The Morgan fingerprint density at radius 2 is 1.93 bits per heavy atom. The molecule has 158 valence electrons. The van der Waals surface area contributed by atoms with E-state index in [1.807, 2.05) is 6.92 Å². The number of rotatable bonds is 8. The predicted octanol–water partition coefficient (Wildman–Crippen LogP) is 3.99. The molecule has 0 aliphatic rings. The highest BCUT2D eigenvalue weighted by molar-refractivity contribution is 6.30. The maximum absolute atomic E-state index is 12.6. The van der Waals surface area contributed by atoms with Crippen LogP contribution in [0.5, 0.6) is 0 Å². The van der Waals surface area contributed by atoms with E-state index in [1.54, 1.807) is 19.1 Å². The van der Waals surface area contributed by atoms with Crippen LogP contribution >= 0.6 is 11.6 Å². The highest BCUT2D eigenvalue weighted by atomic mass is 35.5. The lowest BCUT2D eigenvalue weighted by Crippen LogP contribution is -2.46. The summed E-state index contributed by atoms with van der Waals surface area (Å²) in [4.78, 5) is 28.8. The number of benzene rings is 1. The van der Waals surface area contributed by atoms with E-state index in [2.05, 4.69) is 10.3 Å². The van der Waals surface area contributed by atoms with Crippen molar-refractivity contribution >= 4 is 23.5 Å². The zero-order chi connectivity index (χ0) is 21.6. The van der Waals surface area contributed by atoms with Gasteiger partial charge in [0.15, 0.2) is 0 Å². The highest BCUT2D eigenvalue weighted by Crippen LogP contribution is 2.19. The van der Waals surface area contributed by atoms with Gasteiger partial charge in [-0.1, -0.05) is 31.9 Å². The van der Waals surface area contributed by atoms with Crippen LogP contribution in [0.15, 0.2) is 36.7 Å². The monoisotopic (exact) mass is 431 g/mol. The summed E-state index contributed by atoms with van der Waals surface area (Å²) in [5.41, 5.74) is 0.316. The van der Waals surface area contributed by atoms with Crippen LogP contribution in [-0.2, 0) is 22.7 Å². The van der Waals surface area contributed by atoms with Crippen LogP contribution in [-0.4, -0.2) is 33.6 Å². The van der Waals surface area contributed by atoms with Crippen LogP contribution in [0, 0.1) is 5.92 Å². The Bertz CT molecular complexity index is 837. The molecule has 2 aromatic rings. The standard InChI is InChI=1S/C19H21ClF3N3O3/c1-3-12(2)16(25-17(27)13-4-6-14(20)7-5-13)18(28)29-10-15-24-8-9-26(15)11-19(21,22)23/h4-9,12,16H,3,10-11H2,1-2H3,(H,25,27)/t12-,16+/m1/s1. The van der Waals surface area contributed by atoms with Crippen LogP contribution in [0.2, 0.25) is 5.02 Å². The fourth-order valence-electron chi connectivity index (χ4n) is 2.54. The number of carbonyl (C=O) groups is 2. The summed E-state index contributed by atoms with van der Waals surface area (Å²) in [6, 6.07) is 5.17. The zero-order valence-electron chi connectivity index (χ0n) is 15.9. The number of hydrogen-bond donors (Lipinski definition) is 1. The van der Waals surface area contributed by atoms with Gasteiger partial charge in [-0.05, 0) is 30.2 Å². The molecule has 0 spiro atoms. The molecule has 0 unspecified atom stereocenters. The van der Waals surface area contributed by atoms with Crippen LogP contribution in [0.25, 0.3) is 0 Å². The number of nitrogens with one attached hydrogen (secondary N) is 1. The molecule has 0 bridgehead atoms. The van der Waals surface area contributed by atoms with E-state index in [4.69, 9.17) is 16.3 Å². The quantitative estimate of drug-likeness (QED) is 0.641. The molecule has 1 N–H and O–H groups in total. The first-order valence-corrected chi connectivity index (χ1v) is 9.28. The SMILES string of the molecule is CC[C@@H](C)[C@H](NC(=O)c1ccc(Cl)cc1)C(=O)OCc1nccn1CC(F)(F)F. The molecule has 10 heteroatoms. The maximum atomic E-state index is 12.6. The number of ether oxygens (including phenoxy) is 1. The molecule has 1 heterocycles. The molecule has 2 atom stereocenters. The molecule has 2 rings (SSSR count). The van der Waals surface area contributed by atoms with Crippen molar-refractivity contribution in [1.29, 1.82) is 0 Å². The Hall–Kier alpha value is -2.55. The first kappa shape index (κ1) is 22.7. The number of carbonyl (C=O) groups excluding carboxylic acids is 2. The van der Waals surface area contributed by atoms with Gasteiger partial charge in [-0.3, -0.25) is 4.79 Å². The third-order valence-electron chi connectivity index (χ3n) is 4.35. The average molecular weight is 432 g/mol. The number of halogens is 4. The number of hydrogen-bond acceptors (Lipinski definition) is 4. The van der Waals surface area contributed by atoms with Crippen molar-refractivity contribution in [3.63, 3.8) is 0 Å². The van der Waals surface area contributed by atoms with Crippen molar-refractivity contribution in [1.82, 2.24) is 14.9 Å². The van der Waals surface area contributed by atoms with E-state index >= 15 is 0 Å². The summed E-state index contributed by atoms with van der Waals surface area (Å²) in [5.74, 6) is -1.53. The third kappa shape index (κ3) is 6.77. The van der Waals surface area contributed by atoms with E-state index in [-0.39, 0.29) is 11.7 Å². The molecular weight excluding hydrogens is 411 g/mol. The van der Waals surface area contributed by atoms with Gasteiger partial charge in [-0.2, -0.15) is 13.2 Å². The van der Waals surface area contributed by atoms with Gasteiger partial charge in [-0.15, -0.1) is 0 Å². The van der Waals surface area contributed by atoms with E-state index in [9.17, 15) is 22.8 Å². The topological polar surface area (TPSA) is 73.2 Å². The molecule has 29 heavy (non-hydrogen) atoms. The van der Waals surface area contributed by atoms with Gasteiger partial charge < -0.3 is 14.6 Å². The molecule has 0 fully saturated rings. The summed E-state index contributed by atoms with van der Waals surface area (Å²) in [6.07, 6.45) is -1.50. The molecule has 0 saturated carbocycles.